The molecule has 3 heterocycles. The van der Waals surface area contributed by atoms with Gasteiger partial charge in [-0.1, -0.05) is 18.2 Å². The Balaban J connectivity index is 1.46. The Morgan fingerprint density at radius 2 is 1.86 bits per heavy atom. The average Bonchev–Trinajstić information content (AvgIpc) is 3.48. The largest absolute Gasteiger partial charge is 0.320 e. The van der Waals surface area contributed by atoms with Gasteiger partial charge in [-0.05, 0) is 47.8 Å². The fraction of sp³-hybridized carbons (Fsp3) is 0. The molecule has 6 heteroatoms. The highest BCUT2D eigenvalue weighted by Crippen LogP contribution is 2.33. The van der Waals surface area contributed by atoms with Gasteiger partial charge in [0.25, 0.3) is 5.91 Å². The summed E-state index contributed by atoms with van der Waals surface area (Å²) < 4.78 is 1.89. The molecule has 0 unspecified atom stereocenters. The van der Waals surface area contributed by atoms with Crippen LogP contribution in [0.3, 0.4) is 0 Å². The monoisotopic (exact) mass is 396 g/mol. The molecular formula is C23H16N4OS. The number of rotatable bonds is 4. The van der Waals surface area contributed by atoms with Crippen LogP contribution in [0.15, 0.2) is 91.0 Å². The Kier molecular flexibility index (Phi) is 4.38. The summed E-state index contributed by atoms with van der Waals surface area (Å²) in [6, 6.07) is 19.4. The first kappa shape index (κ1) is 17.3. The molecule has 5 nitrogen and oxygen atoms in total. The zero-order valence-electron chi connectivity index (χ0n) is 15.3. The van der Waals surface area contributed by atoms with Crippen molar-refractivity contribution >= 4 is 33.8 Å². The number of thiophene rings is 1. The van der Waals surface area contributed by atoms with Crippen molar-refractivity contribution in [2.24, 2.45) is 0 Å². The molecule has 29 heavy (non-hydrogen) atoms. The molecule has 5 rings (SSSR count). The standard InChI is InChI=1S/C23H16N4OS/c28-23(16-6-8-17(9-7-16)27-13-12-24-15-27)26-20-4-1-3-19-18(10-11-25-22(19)20)21-5-2-14-29-21/h1-15H,(H,26,28). The summed E-state index contributed by atoms with van der Waals surface area (Å²) in [4.78, 5) is 22.6. The minimum absolute atomic E-state index is 0.169. The summed E-state index contributed by atoms with van der Waals surface area (Å²) in [5.74, 6) is -0.169. The summed E-state index contributed by atoms with van der Waals surface area (Å²) in [6.07, 6.45) is 7.09. The molecule has 0 saturated carbocycles. The third kappa shape index (κ3) is 3.30. The van der Waals surface area contributed by atoms with Gasteiger partial charge >= 0.3 is 0 Å². The number of benzene rings is 2. The molecule has 140 valence electrons. The van der Waals surface area contributed by atoms with Crippen LogP contribution < -0.4 is 5.32 Å². The minimum atomic E-state index is -0.169. The fourth-order valence-corrected chi connectivity index (χ4v) is 4.08. The second kappa shape index (κ2) is 7.33. The normalized spacial score (nSPS) is 10.9. The van der Waals surface area contributed by atoms with Crippen LogP contribution in [0.2, 0.25) is 0 Å². The van der Waals surface area contributed by atoms with Crippen molar-refractivity contribution in [3.8, 4) is 16.1 Å². The van der Waals surface area contributed by atoms with Crippen molar-refractivity contribution in [1.29, 1.82) is 0 Å². The van der Waals surface area contributed by atoms with Gasteiger partial charge in [-0.25, -0.2) is 4.98 Å². The molecule has 0 spiro atoms. The zero-order chi connectivity index (χ0) is 19.6. The first-order valence-electron chi connectivity index (χ1n) is 9.11. The summed E-state index contributed by atoms with van der Waals surface area (Å²) in [7, 11) is 0. The number of nitrogens with zero attached hydrogens (tertiary/aromatic N) is 3. The highest BCUT2D eigenvalue weighted by molar-refractivity contribution is 7.13. The van der Waals surface area contributed by atoms with Gasteiger partial charge < -0.3 is 9.88 Å². The zero-order valence-corrected chi connectivity index (χ0v) is 16.1. The summed E-state index contributed by atoms with van der Waals surface area (Å²) in [5, 5.41) is 6.08. The van der Waals surface area contributed by atoms with Gasteiger partial charge in [0.1, 0.15) is 0 Å². The van der Waals surface area contributed by atoms with Gasteiger partial charge in [0.05, 0.1) is 17.5 Å². The number of hydrogen-bond acceptors (Lipinski definition) is 4. The third-order valence-electron chi connectivity index (χ3n) is 4.74. The van der Waals surface area contributed by atoms with Crippen LogP contribution in [0.25, 0.3) is 27.0 Å². The summed E-state index contributed by atoms with van der Waals surface area (Å²) >= 11 is 1.69. The number of fused-ring (bicyclic) bond motifs is 1. The Morgan fingerprint density at radius 3 is 2.62 bits per heavy atom. The molecule has 5 aromatic rings. The van der Waals surface area contributed by atoms with Crippen LogP contribution in [0.4, 0.5) is 5.69 Å². The maximum atomic E-state index is 12.8. The average molecular weight is 396 g/mol. The molecule has 0 fully saturated rings. The molecule has 1 amide bonds. The van der Waals surface area contributed by atoms with Gasteiger partial charge in [0, 0.05) is 45.7 Å². The van der Waals surface area contributed by atoms with Crippen molar-refractivity contribution in [1.82, 2.24) is 14.5 Å². The van der Waals surface area contributed by atoms with Gasteiger partial charge in [-0.3, -0.25) is 9.78 Å². The Bertz CT molecular complexity index is 1280. The molecule has 0 bridgehead atoms. The quantitative estimate of drug-likeness (QED) is 0.442. The van der Waals surface area contributed by atoms with Crippen LogP contribution in [-0.4, -0.2) is 20.4 Å². The molecule has 2 aromatic carbocycles. The van der Waals surface area contributed by atoms with E-state index >= 15 is 0 Å². The van der Waals surface area contributed by atoms with Crippen molar-refractivity contribution in [3.63, 3.8) is 0 Å². The smallest absolute Gasteiger partial charge is 0.255 e. The number of carbonyl (C=O) groups excluding carboxylic acids is 1. The van der Waals surface area contributed by atoms with E-state index in [1.807, 2.05) is 53.2 Å². The van der Waals surface area contributed by atoms with Crippen molar-refractivity contribution in [3.05, 3.63) is 96.5 Å². The van der Waals surface area contributed by atoms with E-state index in [1.54, 1.807) is 42.2 Å². The predicted octanol–water partition coefficient (Wildman–Crippen LogP) is 5.40. The van der Waals surface area contributed by atoms with E-state index in [0.29, 0.717) is 11.3 Å². The van der Waals surface area contributed by atoms with E-state index in [2.05, 4.69) is 26.7 Å². The van der Waals surface area contributed by atoms with E-state index in [0.717, 1.165) is 22.2 Å². The van der Waals surface area contributed by atoms with Crippen LogP contribution >= 0.6 is 11.3 Å². The van der Waals surface area contributed by atoms with Gasteiger partial charge in [-0.15, -0.1) is 11.3 Å². The molecule has 0 atom stereocenters. The molecule has 3 aromatic heterocycles. The SMILES string of the molecule is O=C(Nc1cccc2c(-c3cccs3)ccnc12)c1ccc(-n2ccnc2)cc1. The van der Waals surface area contributed by atoms with Gasteiger partial charge in [-0.2, -0.15) is 0 Å². The molecule has 1 N–H and O–H groups in total. The fourth-order valence-electron chi connectivity index (χ4n) is 3.31. The van der Waals surface area contributed by atoms with Crippen LogP contribution in [-0.2, 0) is 0 Å². The van der Waals surface area contributed by atoms with Crippen LogP contribution in [0, 0.1) is 0 Å². The van der Waals surface area contributed by atoms with E-state index in [-0.39, 0.29) is 5.91 Å². The molecular weight excluding hydrogens is 380 g/mol. The lowest BCUT2D eigenvalue weighted by atomic mass is 10.1. The van der Waals surface area contributed by atoms with E-state index in [1.165, 1.54) is 4.88 Å². The first-order valence-corrected chi connectivity index (χ1v) is 9.99. The second-order valence-corrected chi connectivity index (χ2v) is 7.46. The van der Waals surface area contributed by atoms with Crippen LogP contribution in [0.5, 0.6) is 0 Å². The molecule has 0 aliphatic heterocycles. The number of aromatic nitrogens is 3. The number of hydrogen-bond donors (Lipinski definition) is 1. The van der Waals surface area contributed by atoms with Crippen molar-refractivity contribution in [2.45, 2.75) is 0 Å². The maximum absolute atomic E-state index is 12.8. The van der Waals surface area contributed by atoms with Gasteiger partial charge in [0.15, 0.2) is 0 Å². The highest BCUT2D eigenvalue weighted by Gasteiger charge is 2.12. The first-order chi connectivity index (χ1) is 14.3. The summed E-state index contributed by atoms with van der Waals surface area (Å²) in [6.45, 7) is 0. The number of amides is 1. The highest BCUT2D eigenvalue weighted by atomic mass is 32.1. The lowest BCUT2D eigenvalue weighted by molar-refractivity contribution is 0.102. The predicted molar refractivity (Wildman–Crippen MR) is 117 cm³/mol. The molecule has 0 aliphatic carbocycles. The van der Waals surface area contributed by atoms with Gasteiger partial charge in [0.2, 0.25) is 0 Å². The Hall–Kier alpha value is -3.77. The Morgan fingerprint density at radius 1 is 0.966 bits per heavy atom. The van der Waals surface area contributed by atoms with E-state index in [9.17, 15) is 4.79 Å². The second-order valence-electron chi connectivity index (χ2n) is 6.51. The number of nitrogens with one attached hydrogen (secondary N) is 1. The lowest BCUT2D eigenvalue weighted by Crippen LogP contribution is -2.12. The number of pyridine rings is 1. The topological polar surface area (TPSA) is 59.8 Å². The Labute approximate surface area is 171 Å². The number of carbonyl (C=O) groups is 1. The minimum Gasteiger partial charge on any atom is -0.320 e. The number of anilines is 1. The van der Waals surface area contributed by atoms with Crippen LogP contribution in [0.1, 0.15) is 10.4 Å². The maximum Gasteiger partial charge on any atom is 0.255 e. The summed E-state index contributed by atoms with van der Waals surface area (Å²) in [5.41, 5.74) is 4.13. The number of para-hydroxylation sites is 1. The van der Waals surface area contributed by atoms with E-state index in [4.69, 9.17) is 0 Å². The number of imidazole rings is 1. The third-order valence-corrected chi connectivity index (χ3v) is 5.64. The molecule has 0 saturated heterocycles. The molecule has 0 radical (unpaired) electrons. The molecule has 0 aliphatic rings. The van der Waals surface area contributed by atoms with E-state index < -0.39 is 0 Å². The lowest BCUT2D eigenvalue weighted by Gasteiger charge is -2.11. The van der Waals surface area contributed by atoms with Crippen molar-refractivity contribution in [2.75, 3.05) is 5.32 Å². The van der Waals surface area contributed by atoms with Crippen molar-refractivity contribution < 1.29 is 4.79 Å².